The van der Waals surface area contributed by atoms with E-state index in [1.54, 1.807) is 19.2 Å². The zero-order valence-corrected chi connectivity index (χ0v) is 15.8. The minimum absolute atomic E-state index is 0.178. The van der Waals surface area contributed by atoms with Crippen molar-refractivity contribution in [3.05, 3.63) is 65.5 Å². The van der Waals surface area contributed by atoms with Crippen molar-refractivity contribution in [1.29, 1.82) is 0 Å². The quantitative estimate of drug-likeness (QED) is 0.808. The number of rotatable bonds is 7. The molecule has 0 radical (unpaired) electrons. The normalized spacial score (nSPS) is 17.1. The number of nitrogens with one attached hydrogen (secondary N) is 1. The summed E-state index contributed by atoms with van der Waals surface area (Å²) in [6.07, 6.45) is 2.50. The molecule has 140 valence electrons. The molecule has 0 saturated carbocycles. The maximum absolute atomic E-state index is 13.5. The van der Waals surface area contributed by atoms with Gasteiger partial charge in [-0.05, 0) is 54.7 Å². The van der Waals surface area contributed by atoms with Gasteiger partial charge in [0.25, 0.3) is 0 Å². The molecule has 1 aliphatic heterocycles. The SMILES string of the molecule is CCC(CCc1cccc(F)c1)(OC)c1ccc(N2CCNCC2)cc1. The fourth-order valence-corrected chi connectivity index (χ4v) is 3.83. The van der Waals surface area contributed by atoms with Crippen LogP contribution < -0.4 is 10.2 Å². The summed E-state index contributed by atoms with van der Waals surface area (Å²) in [4.78, 5) is 2.41. The van der Waals surface area contributed by atoms with E-state index in [2.05, 4.69) is 41.4 Å². The van der Waals surface area contributed by atoms with E-state index >= 15 is 0 Å². The summed E-state index contributed by atoms with van der Waals surface area (Å²) in [5, 5.41) is 3.39. The Balaban J connectivity index is 1.75. The lowest BCUT2D eigenvalue weighted by atomic mass is 9.85. The number of hydrogen-bond donors (Lipinski definition) is 1. The number of nitrogens with zero attached hydrogens (tertiary/aromatic N) is 1. The zero-order chi connectivity index (χ0) is 18.4. The average Bonchev–Trinajstić information content (AvgIpc) is 2.70. The van der Waals surface area contributed by atoms with Gasteiger partial charge >= 0.3 is 0 Å². The molecule has 0 amide bonds. The first-order chi connectivity index (χ1) is 12.7. The Hall–Kier alpha value is -1.91. The van der Waals surface area contributed by atoms with Gasteiger partial charge < -0.3 is 15.0 Å². The van der Waals surface area contributed by atoms with Gasteiger partial charge in [0.2, 0.25) is 0 Å². The first-order valence-electron chi connectivity index (χ1n) is 9.53. The molecular formula is C22H29FN2O. The minimum atomic E-state index is -0.339. The smallest absolute Gasteiger partial charge is 0.123 e. The molecule has 1 saturated heterocycles. The van der Waals surface area contributed by atoms with Crippen LogP contribution in [0.2, 0.25) is 0 Å². The Morgan fingerprint density at radius 3 is 2.46 bits per heavy atom. The number of hydrogen-bond acceptors (Lipinski definition) is 3. The molecule has 2 aromatic rings. The zero-order valence-electron chi connectivity index (χ0n) is 15.8. The average molecular weight is 356 g/mol. The van der Waals surface area contributed by atoms with Gasteiger partial charge in [0.1, 0.15) is 5.82 Å². The van der Waals surface area contributed by atoms with Crippen molar-refractivity contribution < 1.29 is 9.13 Å². The standard InChI is InChI=1S/C22H29FN2O/c1-3-22(26-2,12-11-18-5-4-6-20(23)17-18)19-7-9-21(10-8-19)25-15-13-24-14-16-25/h4-10,17,24H,3,11-16H2,1-2H3. The second-order valence-electron chi connectivity index (χ2n) is 6.97. The van der Waals surface area contributed by atoms with E-state index in [1.807, 2.05) is 6.07 Å². The van der Waals surface area contributed by atoms with Crippen molar-refractivity contribution in [3.63, 3.8) is 0 Å². The third kappa shape index (κ3) is 4.25. The van der Waals surface area contributed by atoms with Crippen LogP contribution in [0.25, 0.3) is 0 Å². The van der Waals surface area contributed by atoms with Gasteiger partial charge in [-0.2, -0.15) is 0 Å². The number of methoxy groups -OCH3 is 1. The molecule has 0 spiro atoms. The number of halogens is 1. The van der Waals surface area contributed by atoms with Crippen molar-refractivity contribution >= 4 is 5.69 Å². The maximum atomic E-state index is 13.5. The molecule has 0 aromatic heterocycles. The molecule has 1 fully saturated rings. The largest absolute Gasteiger partial charge is 0.374 e. The Morgan fingerprint density at radius 1 is 1.12 bits per heavy atom. The Bertz CT molecular complexity index is 692. The van der Waals surface area contributed by atoms with E-state index in [0.717, 1.165) is 51.0 Å². The van der Waals surface area contributed by atoms with Crippen molar-refractivity contribution in [1.82, 2.24) is 5.32 Å². The van der Waals surface area contributed by atoms with Gasteiger partial charge in [0.15, 0.2) is 0 Å². The second-order valence-corrected chi connectivity index (χ2v) is 6.97. The molecule has 0 aliphatic carbocycles. The van der Waals surface area contributed by atoms with Crippen LogP contribution in [0, 0.1) is 5.82 Å². The van der Waals surface area contributed by atoms with Crippen molar-refractivity contribution in [2.24, 2.45) is 0 Å². The lowest BCUT2D eigenvalue weighted by Gasteiger charge is -2.34. The van der Waals surface area contributed by atoms with Crippen LogP contribution in [0.5, 0.6) is 0 Å². The van der Waals surface area contributed by atoms with E-state index in [0.29, 0.717) is 0 Å². The van der Waals surface area contributed by atoms with Gasteiger partial charge in [0.05, 0.1) is 5.60 Å². The van der Waals surface area contributed by atoms with Crippen LogP contribution in [-0.2, 0) is 16.8 Å². The van der Waals surface area contributed by atoms with Crippen LogP contribution in [0.4, 0.5) is 10.1 Å². The van der Waals surface area contributed by atoms with Crippen molar-refractivity contribution in [2.45, 2.75) is 31.8 Å². The van der Waals surface area contributed by atoms with Crippen LogP contribution in [-0.4, -0.2) is 33.3 Å². The predicted molar refractivity (Wildman–Crippen MR) is 105 cm³/mol. The summed E-state index contributed by atoms with van der Waals surface area (Å²) in [5.74, 6) is -0.178. The highest BCUT2D eigenvalue weighted by Crippen LogP contribution is 2.35. The highest BCUT2D eigenvalue weighted by atomic mass is 19.1. The summed E-state index contributed by atoms with van der Waals surface area (Å²) in [5.41, 5.74) is 3.13. The molecule has 26 heavy (non-hydrogen) atoms. The first kappa shape index (κ1) is 18.9. The Labute approximate surface area is 156 Å². The fourth-order valence-electron chi connectivity index (χ4n) is 3.83. The molecule has 2 aromatic carbocycles. The Morgan fingerprint density at radius 2 is 1.85 bits per heavy atom. The van der Waals surface area contributed by atoms with E-state index in [4.69, 9.17) is 4.74 Å². The summed E-state index contributed by atoms with van der Waals surface area (Å²) < 4.78 is 19.4. The molecule has 0 bridgehead atoms. The number of anilines is 1. The number of piperazine rings is 1. The molecule has 1 aliphatic rings. The summed E-state index contributed by atoms with van der Waals surface area (Å²) in [6.45, 7) is 6.31. The molecular weight excluding hydrogens is 327 g/mol. The lowest BCUT2D eigenvalue weighted by Crippen LogP contribution is -2.43. The monoisotopic (exact) mass is 356 g/mol. The van der Waals surface area contributed by atoms with Gasteiger partial charge in [-0.25, -0.2) is 4.39 Å². The summed E-state index contributed by atoms with van der Waals surface area (Å²) >= 11 is 0. The van der Waals surface area contributed by atoms with Crippen LogP contribution >= 0.6 is 0 Å². The minimum Gasteiger partial charge on any atom is -0.374 e. The maximum Gasteiger partial charge on any atom is 0.123 e. The highest BCUT2D eigenvalue weighted by Gasteiger charge is 2.30. The Kier molecular flexibility index (Phi) is 6.28. The molecule has 3 rings (SSSR count). The molecule has 1 atom stereocenters. The van der Waals surface area contributed by atoms with Crippen LogP contribution in [0.15, 0.2) is 48.5 Å². The topological polar surface area (TPSA) is 24.5 Å². The van der Waals surface area contributed by atoms with Crippen molar-refractivity contribution in [3.8, 4) is 0 Å². The third-order valence-corrected chi connectivity index (χ3v) is 5.54. The van der Waals surface area contributed by atoms with Crippen molar-refractivity contribution in [2.75, 3.05) is 38.2 Å². The van der Waals surface area contributed by atoms with E-state index in [9.17, 15) is 4.39 Å². The fraction of sp³-hybridized carbons (Fsp3) is 0.455. The number of aryl methyl sites for hydroxylation is 1. The summed E-state index contributed by atoms with van der Waals surface area (Å²) in [6, 6.07) is 15.6. The van der Waals surface area contributed by atoms with Crippen LogP contribution in [0.1, 0.15) is 30.9 Å². The molecule has 3 nitrogen and oxygen atoms in total. The number of ether oxygens (including phenoxy) is 1. The van der Waals surface area contributed by atoms with Gasteiger partial charge in [-0.1, -0.05) is 31.2 Å². The van der Waals surface area contributed by atoms with E-state index < -0.39 is 0 Å². The van der Waals surface area contributed by atoms with E-state index in [1.165, 1.54) is 17.3 Å². The predicted octanol–water partition coefficient (Wildman–Crippen LogP) is 4.12. The molecule has 4 heteroatoms. The second kappa shape index (κ2) is 8.65. The molecule has 1 unspecified atom stereocenters. The van der Waals surface area contributed by atoms with Gasteiger partial charge in [0, 0.05) is 39.0 Å². The van der Waals surface area contributed by atoms with Gasteiger partial charge in [-0.3, -0.25) is 0 Å². The first-order valence-corrected chi connectivity index (χ1v) is 9.53. The highest BCUT2D eigenvalue weighted by molar-refractivity contribution is 5.49. The third-order valence-electron chi connectivity index (χ3n) is 5.54. The lowest BCUT2D eigenvalue weighted by molar-refractivity contribution is -0.0254. The van der Waals surface area contributed by atoms with E-state index in [-0.39, 0.29) is 11.4 Å². The molecule has 1 heterocycles. The summed E-state index contributed by atoms with van der Waals surface area (Å²) in [7, 11) is 1.78. The van der Waals surface area contributed by atoms with Gasteiger partial charge in [-0.15, -0.1) is 0 Å². The molecule has 1 N–H and O–H groups in total. The van der Waals surface area contributed by atoms with Crippen LogP contribution in [0.3, 0.4) is 0 Å². The number of benzene rings is 2.